The van der Waals surface area contributed by atoms with Gasteiger partial charge >= 0.3 is 6.18 Å². The van der Waals surface area contributed by atoms with Crippen LogP contribution in [-0.2, 0) is 21.0 Å². The molecule has 32 heavy (non-hydrogen) atoms. The lowest BCUT2D eigenvalue weighted by Gasteiger charge is -2.34. The van der Waals surface area contributed by atoms with Gasteiger partial charge in [0, 0.05) is 31.7 Å². The van der Waals surface area contributed by atoms with Gasteiger partial charge in [0.25, 0.3) is 11.8 Å². The maximum Gasteiger partial charge on any atom is 0.416 e. The number of piperazine rings is 1. The van der Waals surface area contributed by atoms with Gasteiger partial charge in [-0.2, -0.15) is 17.5 Å². The van der Waals surface area contributed by atoms with E-state index in [1.54, 1.807) is 0 Å². The topological polar surface area (TPSA) is 96.0 Å². The van der Waals surface area contributed by atoms with E-state index < -0.39 is 27.7 Å². The Hall–Kier alpha value is -3.12. The summed E-state index contributed by atoms with van der Waals surface area (Å²) >= 11 is 0. The van der Waals surface area contributed by atoms with E-state index in [9.17, 15) is 31.2 Å². The van der Waals surface area contributed by atoms with E-state index in [2.05, 4.69) is 5.32 Å². The van der Waals surface area contributed by atoms with Crippen molar-refractivity contribution < 1.29 is 35.9 Å². The van der Waals surface area contributed by atoms with Crippen molar-refractivity contribution in [2.75, 3.05) is 38.1 Å². The highest BCUT2D eigenvalue weighted by atomic mass is 32.2. The molecule has 0 aromatic heterocycles. The zero-order chi connectivity index (χ0) is 23.1. The molecule has 2 aliphatic rings. The number of halogens is 3. The highest BCUT2D eigenvalue weighted by Gasteiger charge is 2.33. The first-order chi connectivity index (χ1) is 15.1. The molecule has 0 radical (unpaired) electrons. The third-order valence-corrected chi connectivity index (χ3v) is 7.10. The van der Waals surface area contributed by atoms with E-state index in [0.29, 0.717) is 5.75 Å². The number of carbonyl (C=O) groups excluding carboxylic acids is 2. The Labute approximate surface area is 181 Å². The lowest BCUT2D eigenvalue weighted by atomic mass is 10.1. The molecule has 0 unspecified atom stereocenters. The average Bonchev–Trinajstić information content (AvgIpc) is 2.77. The van der Waals surface area contributed by atoms with Crippen molar-refractivity contribution in [2.45, 2.75) is 11.1 Å². The molecule has 2 aromatic rings. The van der Waals surface area contributed by atoms with Gasteiger partial charge in [-0.05, 0) is 42.5 Å². The van der Waals surface area contributed by atoms with E-state index >= 15 is 0 Å². The third-order valence-electron chi connectivity index (χ3n) is 5.21. The van der Waals surface area contributed by atoms with E-state index in [1.807, 2.05) is 0 Å². The van der Waals surface area contributed by atoms with Gasteiger partial charge in [0.2, 0.25) is 10.0 Å². The Morgan fingerprint density at radius 1 is 1.00 bits per heavy atom. The quantitative estimate of drug-likeness (QED) is 0.744. The molecule has 1 N–H and O–H groups in total. The van der Waals surface area contributed by atoms with Crippen molar-refractivity contribution in [2.24, 2.45) is 0 Å². The molecule has 2 amide bonds. The molecule has 1 fully saturated rings. The molecule has 12 heteroatoms. The summed E-state index contributed by atoms with van der Waals surface area (Å²) in [4.78, 5) is 25.5. The summed E-state index contributed by atoms with van der Waals surface area (Å²) < 4.78 is 70.5. The van der Waals surface area contributed by atoms with Crippen molar-refractivity contribution in [1.29, 1.82) is 0 Å². The lowest BCUT2D eigenvalue weighted by molar-refractivity contribution is -0.137. The zero-order valence-electron chi connectivity index (χ0n) is 16.6. The Morgan fingerprint density at radius 2 is 1.66 bits per heavy atom. The summed E-state index contributed by atoms with van der Waals surface area (Å²) in [5.74, 6) is -0.484. The van der Waals surface area contributed by atoms with Crippen LogP contribution in [0.25, 0.3) is 0 Å². The standard InChI is InChI=1S/C20H18F3N3O5S/c21-20(22,23)14-3-1-13(2-4-14)19(28)25-7-9-26(10-8-25)32(29,30)15-5-6-17-16(11-15)24-18(27)12-31-17/h1-6,11H,7-10,12H2,(H,24,27). The largest absolute Gasteiger partial charge is 0.482 e. The molecular weight excluding hydrogens is 451 g/mol. The summed E-state index contributed by atoms with van der Waals surface area (Å²) in [6.45, 7) is 0.0745. The predicted octanol–water partition coefficient (Wildman–Crippen LogP) is 2.18. The molecule has 1 saturated heterocycles. The summed E-state index contributed by atoms with van der Waals surface area (Å²) in [5.41, 5.74) is -0.491. The van der Waals surface area contributed by atoms with Gasteiger partial charge < -0.3 is 15.0 Å². The molecule has 0 bridgehead atoms. The Bertz CT molecular complexity index is 1160. The Kier molecular flexibility index (Phi) is 5.59. The van der Waals surface area contributed by atoms with Gasteiger partial charge in [0.15, 0.2) is 6.61 Å². The van der Waals surface area contributed by atoms with Crippen molar-refractivity contribution in [3.8, 4) is 5.75 Å². The third kappa shape index (κ3) is 4.28. The number of sulfonamides is 1. The molecule has 2 heterocycles. The summed E-state index contributed by atoms with van der Waals surface area (Å²) in [7, 11) is -3.89. The number of anilines is 1. The lowest BCUT2D eigenvalue weighted by Crippen LogP contribution is -2.50. The van der Waals surface area contributed by atoms with Gasteiger partial charge in [-0.1, -0.05) is 0 Å². The molecule has 2 aliphatic heterocycles. The first-order valence-corrected chi connectivity index (χ1v) is 11.0. The maximum atomic E-state index is 13.0. The second-order valence-electron chi connectivity index (χ2n) is 7.27. The minimum atomic E-state index is -4.49. The molecule has 0 atom stereocenters. The fourth-order valence-electron chi connectivity index (χ4n) is 3.49. The van der Waals surface area contributed by atoms with E-state index in [1.165, 1.54) is 27.4 Å². The van der Waals surface area contributed by atoms with Crippen molar-refractivity contribution in [1.82, 2.24) is 9.21 Å². The van der Waals surface area contributed by atoms with Crippen molar-refractivity contribution in [3.63, 3.8) is 0 Å². The van der Waals surface area contributed by atoms with Crippen molar-refractivity contribution in [3.05, 3.63) is 53.6 Å². The summed E-state index contributed by atoms with van der Waals surface area (Å²) in [6.07, 6.45) is -4.49. The molecule has 170 valence electrons. The maximum absolute atomic E-state index is 13.0. The second-order valence-corrected chi connectivity index (χ2v) is 9.20. The van der Waals surface area contributed by atoms with Crippen molar-refractivity contribution >= 4 is 27.5 Å². The average molecular weight is 469 g/mol. The fourth-order valence-corrected chi connectivity index (χ4v) is 4.94. The number of ether oxygens (including phenoxy) is 1. The first-order valence-electron chi connectivity index (χ1n) is 9.59. The number of nitrogens with zero attached hydrogens (tertiary/aromatic N) is 2. The number of alkyl halides is 3. The predicted molar refractivity (Wildman–Crippen MR) is 107 cm³/mol. The number of amides is 2. The highest BCUT2D eigenvalue weighted by Crippen LogP contribution is 2.32. The number of benzene rings is 2. The first kappa shape index (κ1) is 22.1. The van der Waals surface area contributed by atoms with Crippen LogP contribution >= 0.6 is 0 Å². The number of hydrogen-bond donors (Lipinski definition) is 1. The molecular formula is C20H18F3N3O5S. The number of hydrogen-bond acceptors (Lipinski definition) is 5. The van der Waals surface area contributed by atoms with Crippen LogP contribution in [0.3, 0.4) is 0 Å². The fraction of sp³-hybridized carbons (Fsp3) is 0.300. The van der Waals surface area contributed by atoms with Gasteiger partial charge in [-0.3, -0.25) is 9.59 Å². The molecule has 2 aromatic carbocycles. The van der Waals surface area contributed by atoms with Crippen LogP contribution in [-0.4, -0.2) is 62.2 Å². The van der Waals surface area contributed by atoms with Gasteiger partial charge in [0.1, 0.15) is 5.75 Å². The summed E-state index contributed by atoms with van der Waals surface area (Å²) in [5, 5.41) is 2.56. The van der Waals surface area contributed by atoms with Crippen LogP contribution in [0.4, 0.5) is 18.9 Å². The number of carbonyl (C=O) groups is 2. The SMILES string of the molecule is O=C1COc2ccc(S(=O)(=O)N3CCN(C(=O)c4ccc(C(F)(F)F)cc4)CC3)cc2N1. The van der Waals surface area contributed by atoms with Crippen LogP contribution in [0.2, 0.25) is 0 Å². The van der Waals surface area contributed by atoms with E-state index in [-0.39, 0.29) is 54.8 Å². The normalized spacial score (nSPS) is 17.3. The molecule has 4 rings (SSSR count). The zero-order valence-corrected chi connectivity index (χ0v) is 17.4. The highest BCUT2D eigenvalue weighted by molar-refractivity contribution is 7.89. The van der Waals surface area contributed by atoms with Gasteiger partial charge in [-0.25, -0.2) is 8.42 Å². The van der Waals surface area contributed by atoms with Crippen LogP contribution in [0.5, 0.6) is 5.75 Å². The van der Waals surface area contributed by atoms with E-state index in [0.717, 1.165) is 24.3 Å². The van der Waals surface area contributed by atoms with Gasteiger partial charge in [0.05, 0.1) is 16.1 Å². The van der Waals surface area contributed by atoms with Crippen LogP contribution < -0.4 is 10.1 Å². The minimum Gasteiger partial charge on any atom is -0.482 e. The van der Waals surface area contributed by atoms with Crippen LogP contribution in [0, 0.1) is 0 Å². The minimum absolute atomic E-state index is 0.0225. The number of rotatable bonds is 3. The molecule has 0 spiro atoms. The molecule has 0 aliphatic carbocycles. The Morgan fingerprint density at radius 3 is 2.28 bits per heavy atom. The van der Waals surface area contributed by atoms with Crippen LogP contribution in [0.15, 0.2) is 47.4 Å². The summed E-state index contributed by atoms with van der Waals surface area (Å²) in [6, 6.07) is 8.06. The monoisotopic (exact) mass is 469 g/mol. The van der Waals surface area contributed by atoms with Gasteiger partial charge in [-0.15, -0.1) is 0 Å². The Balaban J connectivity index is 1.43. The number of nitrogens with one attached hydrogen (secondary N) is 1. The number of fused-ring (bicyclic) bond motifs is 1. The smallest absolute Gasteiger partial charge is 0.416 e. The van der Waals surface area contributed by atoms with E-state index in [4.69, 9.17) is 4.74 Å². The molecule has 0 saturated carbocycles. The van der Waals surface area contributed by atoms with Crippen LogP contribution in [0.1, 0.15) is 15.9 Å². The molecule has 8 nitrogen and oxygen atoms in total. The second kappa shape index (κ2) is 8.10.